The molecule has 21 heavy (non-hydrogen) atoms. The highest BCUT2D eigenvalue weighted by molar-refractivity contribution is 5.86. The topological polar surface area (TPSA) is 63.0 Å². The summed E-state index contributed by atoms with van der Waals surface area (Å²) in [6.45, 7) is 0. The van der Waals surface area contributed by atoms with Crippen molar-refractivity contribution in [3.8, 4) is 17.3 Å². The van der Waals surface area contributed by atoms with Gasteiger partial charge in [0.15, 0.2) is 0 Å². The van der Waals surface area contributed by atoms with E-state index in [0.717, 1.165) is 29.7 Å². The average molecular weight is 278 g/mol. The van der Waals surface area contributed by atoms with Crippen LogP contribution in [0.2, 0.25) is 0 Å². The number of carbonyl (C=O) groups is 1. The van der Waals surface area contributed by atoms with Gasteiger partial charge in [0.2, 0.25) is 0 Å². The maximum atomic E-state index is 11.8. The summed E-state index contributed by atoms with van der Waals surface area (Å²) in [5.41, 5.74) is 2.82. The van der Waals surface area contributed by atoms with Gasteiger partial charge >= 0.3 is 5.97 Å². The van der Waals surface area contributed by atoms with Gasteiger partial charge in [0.05, 0.1) is 29.9 Å². The Morgan fingerprint density at radius 2 is 1.95 bits per heavy atom. The van der Waals surface area contributed by atoms with E-state index in [2.05, 4.69) is 11.1 Å². The molecule has 0 saturated heterocycles. The number of nitriles is 1. The van der Waals surface area contributed by atoms with Crippen LogP contribution in [0, 0.1) is 11.3 Å². The molecule has 0 aliphatic heterocycles. The number of hydrogen-bond donors (Lipinski definition) is 0. The highest BCUT2D eigenvalue weighted by Gasteiger charge is 2.52. The van der Waals surface area contributed by atoms with Crippen LogP contribution in [-0.2, 0) is 14.9 Å². The SMILES string of the molecule is COC(=O)C1(c2ccc(-c3ccc(C#N)cc3)nc2)CC1. The van der Waals surface area contributed by atoms with E-state index < -0.39 is 5.41 Å². The van der Waals surface area contributed by atoms with Gasteiger partial charge in [-0.05, 0) is 36.6 Å². The van der Waals surface area contributed by atoms with Crippen LogP contribution in [0.25, 0.3) is 11.3 Å². The molecule has 1 fully saturated rings. The quantitative estimate of drug-likeness (QED) is 0.810. The van der Waals surface area contributed by atoms with Gasteiger partial charge in [0, 0.05) is 11.8 Å². The first-order valence-electron chi connectivity index (χ1n) is 6.75. The zero-order chi connectivity index (χ0) is 14.9. The van der Waals surface area contributed by atoms with Crippen LogP contribution in [0.15, 0.2) is 42.6 Å². The maximum Gasteiger partial charge on any atom is 0.316 e. The fraction of sp³-hybridized carbons (Fsp3) is 0.235. The van der Waals surface area contributed by atoms with Gasteiger partial charge < -0.3 is 4.74 Å². The van der Waals surface area contributed by atoms with Gasteiger partial charge in [-0.3, -0.25) is 9.78 Å². The van der Waals surface area contributed by atoms with Gasteiger partial charge in [0.1, 0.15) is 0 Å². The van der Waals surface area contributed by atoms with Crippen molar-refractivity contribution < 1.29 is 9.53 Å². The van der Waals surface area contributed by atoms with Crippen LogP contribution in [0.3, 0.4) is 0 Å². The molecule has 0 bridgehead atoms. The molecule has 1 aliphatic rings. The summed E-state index contributed by atoms with van der Waals surface area (Å²) in [7, 11) is 1.42. The van der Waals surface area contributed by atoms with Gasteiger partial charge in [-0.25, -0.2) is 0 Å². The molecular formula is C17H14N2O2. The molecule has 2 aromatic rings. The van der Waals surface area contributed by atoms with Crippen LogP contribution < -0.4 is 0 Å². The number of aromatic nitrogens is 1. The van der Waals surface area contributed by atoms with Crippen LogP contribution in [-0.4, -0.2) is 18.1 Å². The summed E-state index contributed by atoms with van der Waals surface area (Å²) in [4.78, 5) is 16.3. The van der Waals surface area contributed by atoms with Crippen molar-refractivity contribution in [3.05, 3.63) is 53.7 Å². The number of pyridine rings is 1. The van der Waals surface area contributed by atoms with Crippen LogP contribution in [0.5, 0.6) is 0 Å². The Morgan fingerprint density at radius 1 is 1.24 bits per heavy atom. The number of rotatable bonds is 3. The van der Waals surface area contributed by atoms with Gasteiger partial charge in [-0.1, -0.05) is 18.2 Å². The standard InChI is InChI=1S/C17H14N2O2/c1-21-16(20)17(8-9-17)14-6-7-15(19-11-14)13-4-2-12(10-18)3-5-13/h2-7,11H,8-9H2,1H3. The fourth-order valence-electron chi connectivity index (χ4n) is 2.49. The predicted octanol–water partition coefficient (Wildman–Crippen LogP) is 2.82. The first-order chi connectivity index (χ1) is 10.2. The lowest BCUT2D eigenvalue weighted by molar-refractivity contribution is -0.143. The second kappa shape index (κ2) is 5.02. The summed E-state index contributed by atoms with van der Waals surface area (Å²) in [5, 5.41) is 8.80. The number of nitrogens with zero attached hydrogens (tertiary/aromatic N) is 2. The van der Waals surface area contributed by atoms with Crippen molar-refractivity contribution >= 4 is 5.97 Å². The van der Waals surface area contributed by atoms with Gasteiger partial charge in [-0.15, -0.1) is 0 Å². The third kappa shape index (κ3) is 2.27. The summed E-state index contributed by atoms with van der Waals surface area (Å²) in [6, 6.07) is 13.2. The largest absolute Gasteiger partial charge is 0.468 e. The Labute approximate surface area is 123 Å². The van der Waals surface area contributed by atoms with E-state index in [1.165, 1.54) is 7.11 Å². The second-order valence-electron chi connectivity index (χ2n) is 5.19. The Morgan fingerprint density at radius 3 is 2.43 bits per heavy atom. The number of hydrogen-bond acceptors (Lipinski definition) is 4. The molecule has 1 heterocycles. The Balaban J connectivity index is 1.87. The summed E-state index contributed by atoms with van der Waals surface area (Å²) in [6.07, 6.45) is 3.38. The highest BCUT2D eigenvalue weighted by Crippen LogP contribution is 2.49. The van der Waals surface area contributed by atoms with E-state index in [0.29, 0.717) is 5.56 Å². The summed E-state index contributed by atoms with van der Waals surface area (Å²) in [5.74, 6) is -0.185. The molecule has 1 aromatic carbocycles. The average Bonchev–Trinajstić information content (AvgIpc) is 3.36. The van der Waals surface area contributed by atoms with Crippen molar-refractivity contribution in [2.45, 2.75) is 18.3 Å². The summed E-state index contributed by atoms with van der Waals surface area (Å²) >= 11 is 0. The summed E-state index contributed by atoms with van der Waals surface area (Å²) < 4.78 is 4.87. The minimum Gasteiger partial charge on any atom is -0.468 e. The minimum absolute atomic E-state index is 0.185. The molecule has 104 valence electrons. The number of ether oxygens (including phenoxy) is 1. The zero-order valence-corrected chi connectivity index (χ0v) is 11.7. The number of methoxy groups -OCH3 is 1. The molecule has 0 unspecified atom stereocenters. The Kier molecular flexibility index (Phi) is 3.19. The molecule has 0 radical (unpaired) electrons. The third-order valence-electron chi connectivity index (χ3n) is 3.95. The minimum atomic E-state index is -0.481. The molecule has 0 N–H and O–H groups in total. The zero-order valence-electron chi connectivity index (χ0n) is 11.7. The maximum absolute atomic E-state index is 11.8. The third-order valence-corrected chi connectivity index (χ3v) is 3.95. The molecule has 1 saturated carbocycles. The smallest absolute Gasteiger partial charge is 0.316 e. The van der Waals surface area contributed by atoms with Crippen LogP contribution >= 0.6 is 0 Å². The molecular weight excluding hydrogens is 264 g/mol. The van der Waals surface area contributed by atoms with Crippen molar-refractivity contribution in [2.75, 3.05) is 7.11 Å². The lowest BCUT2D eigenvalue weighted by Crippen LogP contribution is -2.21. The van der Waals surface area contributed by atoms with Gasteiger partial charge in [0.25, 0.3) is 0 Å². The van der Waals surface area contributed by atoms with E-state index in [1.54, 1.807) is 18.3 Å². The molecule has 1 aliphatic carbocycles. The molecule has 0 spiro atoms. The molecule has 0 atom stereocenters. The number of esters is 1. The Hall–Kier alpha value is -2.67. The van der Waals surface area contributed by atoms with Crippen molar-refractivity contribution in [3.63, 3.8) is 0 Å². The van der Waals surface area contributed by atoms with Crippen molar-refractivity contribution in [1.82, 2.24) is 4.98 Å². The van der Waals surface area contributed by atoms with Crippen molar-refractivity contribution in [1.29, 1.82) is 5.26 Å². The molecule has 4 nitrogen and oxygen atoms in total. The predicted molar refractivity (Wildman–Crippen MR) is 77.3 cm³/mol. The number of carbonyl (C=O) groups excluding carboxylic acids is 1. The molecule has 4 heteroatoms. The van der Waals surface area contributed by atoms with Crippen LogP contribution in [0.4, 0.5) is 0 Å². The van der Waals surface area contributed by atoms with E-state index >= 15 is 0 Å². The number of benzene rings is 1. The van der Waals surface area contributed by atoms with Crippen molar-refractivity contribution in [2.24, 2.45) is 0 Å². The van der Waals surface area contributed by atoms with Crippen LogP contribution in [0.1, 0.15) is 24.0 Å². The lowest BCUT2D eigenvalue weighted by atomic mass is 9.97. The second-order valence-corrected chi connectivity index (χ2v) is 5.19. The van der Waals surface area contributed by atoms with E-state index in [9.17, 15) is 4.79 Å². The molecule has 3 rings (SSSR count). The molecule has 0 amide bonds. The van der Waals surface area contributed by atoms with E-state index in [-0.39, 0.29) is 5.97 Å². The lowest BCUT2D eigenvalue weighted by Gasteiger charge is -2.12. The Bertz CT molecular complexity index is 708. The fourth-order valence-corrected chi connectivity index (χ4v) is 2.49. The van der Waals surface area contributed by atoms with E-state index in [1.807, 2.05) is 24.3 Å². The monoisotopic (exact) mass is 278 g/mol. The molecule has 1 aromatic heterocycles. The first kappa shape index (κ1) is 13.3. The highest BCUT2D eigenvalue weighted by atomic mass is 16.5. The first-order valence-corrected chi connectivity index (χ1v) is 6.75. The normalized spacial score (nSPS) is 15.0. The van der Waals surface area contributed by atoms with Gasteiger partial charge in [-0.2, -0.15) is 5.26 Å². The van der Waals surface area contributed by atoms with E-state index in [4.69, 9.17) is 10.00 Å².